The maximum absolute atomic E-state index is 12.4. The highest BCUT2D eigenvalue weighted by molar-refractivity contribution is 9.10. The smallest absolute Gasteiger partial charge is 0.291 e. The van der Waals surface area contributed by atoms with Gasteiger partial charge in [-0.05, 0) is 64.8 Å². The second-order valence-electron chi connectivity index (χ2n) is 5.94. The van der Waals surface area contributed by atoms with Crippen molar-refractivity contribution in [2.24, 2.45) is 0 Å². The fourth-order valence-electron chi connectivity index (χ4n) is 2.67. The predicted molar refractivity (Wildman–Crippen MR) is 105 cm³/mol. The highest BCUT2D eigenvalue weighted by Gasteiger charge is 2.14. The monoisotopic (exact) mass is 426 g/mol. The van der Waals surface area contributed by atoms with Gasteiger partial charge in [-0.25, -0.2) is 4.98 Å². The van der Waals surface area contributed by atoms with E-state index in [0.717, 1.165) is 11.1 Å². The van der Waals surface area contributed by atoms with E-state index in [0.29, 0.717) is 33.1 Å². The number of oxazole rings is 1. The molecule has 2 heterocycles. The van der Waals surface area contributed by atoms with Crippen LogP contribution in [0.15, 0.2) is 62.0 Å². The number of aryl methyl sites for hydroxylation is 1. The van der Waals surface area contributed by atoms with Gasteiger partial charge in [-0.3, -0.25) is 4.79 Å². The summed E-state index contributed by atoms with van der Waals surface area (Å²) in [5, 5.41) is 2.86. The summed E-state index contributed by atoms with van der Waals surface area (Å²) in [7, 11) is 1.61. The molecule has 1 amide bonds. The molecule has 0 aliphatic rings. The minimum Gasteiger partial charge on any atom is -0.497 e. The third-order valence-electron chi connectivity index (χ3n) is 4.12. The van der Waals surface area contributed by atoms with Crippen molar-refractivity contribution >= 4 is 38.6 Å². The van der Waals surface area contributed by atoms with Crippen LogP contribution in [-0.4, -0.2) is 18.0 Å². The topological polar surface area (TPSA) is 77.5 Å². The van der Waals surface area contributed by atoms with E-state index in [-0.39, 0.29) is 11.7 Å². The first-order valence-corrected chi connectivity index (χ1v) is 8.95. The number of aromatic nitrogens is 1. The fraction of sp³-hybridized carbons (Fsp3) is 0.100. The van der Waals surface area contributed by atoms with Gasteiger partial charge in [-0.2, -0.15) is 0 Å². The van der Waals surface area contributed by atoms with Crippen molar-refractivity contribution in [3.63, 3.8) is 0 Å². The molecule has 0 unspecified atom stereocenters. The molecule has 4 aromatic rings. The molecule has 0 saturated heterocycles. The molecule has 0 spiro atoms. The Morgan fingerprint density at radius 3 is 2.70 bits per heavy atom. The van der Waals surface area contributed by atoms with Crippen LogP contribution in [0.4, 0.5) is 5.69 Å². The van der Waals surface area contributed by atoms with Crippen molar-refractivity contribution in [1.29, 1.82) is 0 Å². The molecule has 0 aliphatic heterocycles. The van der Waals surface area contributed by atoms with Gasteiger partial charge in [-0.1, -0.05) is 6.07 Å². The Bertz CT molecular complexity index is 1150. The standard InChI is InChI=1S/C20H15BrN2O4/c1-11-3-4-12(9-14(11)22-19(24)17-7-8-18(21)26-17)20-23-15-10-13(25-2)5-6-16(15)27-20/h3-10H,1-2H3,(H,22,24). The fourth-order valence-corrected chi connectivity index (χ4v) is 2.97. The van der Waals surface area contributed by atoms with E-state index >= 15 is 0 Å². The number of halogens is 1. The van der Waals surface area contributed by atoms with Gasteiger partial charge in [0.05, 0.1) is 7.11 Å². The second kappa shape index (κ2) is 6.92. The van der Waals surface area contributed by atoms with Gasteiger partial charge in [0.2, 0.25) is 5.89 Å². The molecule has 0 atom stereocenters. The Balaban J connectivity index is 1.66. The Morgan fingerprint density at radius 2 is 1.96 bits per heavy atom. The van der Waals surface area contributed by atoms with Crippen LogP contribution >= 0.6 is 15.9 Å². The van der Waals surface area contributed by atoms with Gasteiger partial charge < -0.3 is 18.9 Å². The third-order valence-corrected chi connectivity index (χ3v) is 4.55. The van der Waals surface area contributed by atoms with E-state index in [4.69, 9.17) is 13.6 Å². The number of fused-ring (bicyclic) bond motifs is 1. The number of hydrogen-bond acceptors (Lipinski definition) is 5. The lowest BCUT2D eigenvalue weighted by Gasteiger charge is -2.08. The van der Waals surface area contributed by atoms with Crippen molar-refractivity contribution in [3.8, 4) is 17.2 Å². The average molecular weight is 427 g/mol. The first-order valence-electron chi connectivity index (χ1n) is 8.16. The molecule has 6 nitrogen and oxygen atoms in total. The predicted octanol–water partition coefficient (Wildman–Crippen LogP) is 5.42. The quantitative estimate of drug-likeness (QED) is 0.471. The molecule has 136 valence electrons. The lowest BCUT2D eigenvalue weighted by molar-refractivity contribution is 0.0995. The Hall–Kier alpha value is -3.06. The zero-order chi connectivity index (χ0) is 19.0. The molecule has 0 saturated carbocycles. The van der Waals surface area contributed by atoms with E-state index < -0.39 is 0 Å². The minimum atomic E-state index is -0.330. The van der Waals surface area contributed by atoms with Crippen LogP contribution in [0.1, 0.15) is 16.1 Å². The zero-order valence-electron chi connectivity index (χ0n) is 14.6. The van der Waals surface area contributed by atoms with Crippen LogP contribution in [0.3, 0.4) is 0 Å². The number of carbonyl (C=O) groups excluding carboxylic acids is 1. The molecule has 2 aromatic heterocycles. The number of anilines is 1. The van der Waals surface area contributed by atoms with Gasteiger partial charge >= 0.3 is 0 Å². The van der Waals surface area contributed by atoms with Gasteiger partial charge in [-0.15, -0.1) is 0 Å². The molecule has 1 N–H and O–H groups in total. The summed E-state index contributed by atoms with van der Waals surface area (Å²) in [5.41, 5.74) is 3.69. The number of carbonyl (C=O) groups is 1. The van der Waals surface area contributed by atoms with E-state index in [1.807, 2.05) is 43.3 Å². The van der Waals surface area contributed by atoms with Gasteiger partial charge in [0.15, 0.2) is 16.0 Å². The molecule has 2 aromatic carbocycles. The molecule has 0 fully saturated rings. The molecule has 0 aliphatic carbocycles. The first-order chi connectivity index (χ1) is 13.0. The molecule has 27 heavy (non-hydrogen) atoms. The number of methoxy groups -OCH3 is 1. The number of hydrogen-bond donors (Lipinski definition) is 1. The largest absolute Gasteiger partial charge is 0.497 e. The van der Waals surface area contributed by atoms with E-state index in [9.17, 15) is 4.79 Å². The molecule has 4 rings (SSSR count). The summed E-state index contributed by atoms with van der Waals surface area (Å²) in [6.45, 7) is 1.91. The molecular weight excluding hydrogens is 412 g/mol. The van der Waals surface area contributed by atoms with E-state index in [2.05, 4.69) is 26.2 Å². The Labute approximate surface area is 163 Å². The van der Waals surface area contributed by atoms with Crippen molar-refractivity contribution in [3.05, 3.63) is 64.5 Å². The second-order valence-corrected chi connectivity index (χ2v) is 6.72. The zero-order valence-corrected chi connectivity index (χ0v) is 16.2. The van der Waals surface area contributed by atoms with Gasteiger partial charge in [0.1, 0.15) is 11.3 Å². The maximum atomic E-state index is 12.4. The lowest BCUT2D eigenvalue weighted by Crippen LogP contribution is -2.11. The van der Waals surface area contributed by atoms with Gasteiger partial charge in [0, 0.05) is 17.3 Å². The highest BCUT2D eigenvalue weighted by atomic mass is 79.9. The van der Waals surface area contributed by atoms with Crippen LogP contribution in [0, 0.1) is 6.92 Å². The van der Waals surface area contributed by atoms with E-state index in [1.54, 1.807) is 19.2 Å². The maximum Gasteiger partial charge on any atom is 0.291 e. The number of nitrogens with one attached hydrogen (secondary N) is 1. The van der Waals surface area contributed by atoms with Crippen LogP contribution in [0.25, 0.3) is 22.6 Å². The van der Waals surface area contributed by atoms with Crippen LogP contribution in [0.5, 0.6) is 5.75 Å². The van der Waals surface area contributed by atoms with Gasteiger partial charge in [0.25, 0.3) is 5.91 Å². The molecular formula is C20H15BrN2O4. The SMILES string of the molecule is COc1ccc2oc(-c3ccc(C)c(NC(=O)c4ccc(Br)o4)c3)nc2c1. The Morgan fingerprint density at radius 1 is 1.11 bits per heavy atom. The number of amides is 1. The summed E-state index contributed by atoms with van der Waals surface area (Å²) in [5.74, 6) is 1.07. The van der Waals surface area contributed by atoms with Crippen molar-refractivity contribution < 1.29 is 18.4 Å². The normalized spacial score (nSPS) is 10.9. The highest BCUT2D eigenvalue weighted by Crippen LogP contribution is 2.30. The van der Waals surface area contributed by atoms with Crippen LogP contribution in [-0.2, 0) is 0 Å². The molecule has 0 radical (unpaired) electrons. The van der Waals surface area contributed by atoms with Crippen LogP contribution < -0.4 is 10.1 Å². The van der Waals surface area contributed by atoms with Crippen molar-refractivity contribution in [2.45, 2.75) is 6.92 Å². The molecule has 0 bridgehead atoms. The lowest BCUT2D eigenvalue weighted by atomic mass is 10.1. The number of ether oxygens (including phenoxy) is 1. The summed E-state index contributed by atoms with van der Waals surface area (Å²) < 4.78 is 16.9. The number of benzene rings is 2. The summed E-state index contributed by atoms with van der Waals surface area (Å²) in [4.78, 5) is 16.9. The van der Waals surface area contributed by atoms with Crippen molar-refractivity contribution in [1.82, 2.24) is 4.98 Å². The molecule has 7 heteroatoms. The average Bonchev–Trinajstić information content (AvgIpc) is 3.29. The Kier molecular flexibility index (Phi) is 4.45. The summed E-state index contributed by atoms with van der Waals surface area (Å²) in [6.07, 6.45) is 0. The summed E-state index contributed by atoms with van der Waals surface area (Å²) >= 11 is 3.19. The summed E-state index contributed by atoms with van der Waals surface area (Å²) in [6, 6.07) is 14.4. The third kappa shape index (κ3) is 3.46. The first kappa shape index (κ1) is 17.4. The van der Waals surface area contributed by atoms with Crippen LogP contribution in [0.2, 0.25) is 0 Å². The number of furan rings is 1. The minimum absolute atomic E-state index is 0.223. The van der Waals surface area contributed by atoms with E-state index in [1.165, 1.54) is 0 Å². The van der Waals surface area contributed by atoms with Crippen molar-refractivity contribution in [2.75, 3.05) is 12.4 Å². The number of rotatable bonds is 4. The number of nitrogens with zero attached hydrogens (tertiary/aromatic N) is 1.